The van der Waals surface area contributed by atoms with E-state index in [-0.39, 0.29) is 17.6 Å². The van der Waals surface area contributed by atoms with E-state index in [9.17, 15) is 19.3 Å². The average molecular weight is 347 g/mol. The van der Waals surface area contributed by atoms with Gasteiger partial charge in [0, 0.05) is 19.1 Å². The van der Waals surface area contributed by atoms with Gasteiger partial charge >= 0.3 is 0 Å². The Morgan fingerprint density at radius 1 is 1.36 bits per heavy atom. The highest BCUT2D eigenvalue weighted by molar-refractivity contribution is 5.95. The topological polar surface area (TPSA) is 88.6 Å². The van der Waals surface area contributed by atoms with Crippen LogP contribution in [0.1, 0.15) is 29.0 Å². The highest BCUT2D eigenvalue weighted by Crippen LogP contribution is 2.27. The summed E-state index contributed by atoms with van der Waals surface area (Å²) in [5.74, 6) is -0.127. The molecule has 2 heterocycles. The van der Waals surface area contributed by atoms with E-state index in [0.29, 0.717) is 42.9 Å². The Kier molecular flexibility index (Phi) is 4.69. The Morgan fingerprint density at radius 3 is 2.68 bits per heavy atom. The van der Waals surface area contributed by atoms with Crippen molar-refractivity contribution >= 4 is 17.3 Å². The lowest BCUT2D eigenvalue weighted by Crippen LogP contribution is -2.42. The maximum atomic E-state index is 13.2. The van der Waals surface area contributed by atoms with Gasteiger partial charge in [-0.25, -0.2) is 4.39 Å². The molecule has 1 aromatic carbocycles. The van der Waals surface area contributed by atoms with E-state index in [4.69, 9.17) is 4.42 Å². The molecule has 0 unspecified atom stereocenters. The second kappa shape index (κ2) is 6.92. The van der Waals surface area contributed by atoms with E-state index in [1.165, 1.54) is 18.4 Å². The minimum atomic E-state index is -0.645. The van der Waals surface area contributed by atoms with Crippen molar-refractivity contribution in [2.24, 2.45) is 0 Å². The van der Waals surface area contributed by atoms with Crippen molar-refractivity contribution in [3.63, 3.8) is 0 Å². The number of likely N-dealkylation sites (tertiary alicyclic amines) is 1. The van der Waals surface area contributed by atoms with Gasteiger partial charge in [-0.1, -0.05) is 0 Å². The fourth-order valence-electron chi connectivity index (χ4n) is 3.00. The number of nitrogens with zero attached hydrogens (tertiary/aromatic N) is 2. The summed E-state index contributed by atoms with van der Waals surface area (Å²) in [7, 11) is 0. The van der Waals surface area contributed by atoms with E-state index in [0.717, 1.165) is 6.07 Å². The number of nitro groups is 1. The molecule has 1 amide bonds. The van der Waals surface area contributed by atoms with Crippen LogP contribution in [-0.4, -0.2) is 34.9 Å². The minimum Gasteiger partial charge on any atom is -0.469 e. The molecule has 7 nitrogen and oxygen atoms in total. The van der Waals surface area contributed by atoms with E-state index in [1.54, 1.807) is 17.9 Å². The van der Waals surface area contributed by atoms with Crippen LogP contribution in [0.2, 0.25) is 0 Å². The smallest absolute Gasteiger partial charge is 0.295 e. The van der Waals surface area contributed by atoms with Gasteiger partial charge in [0.25, 0.3) is 11.6 Å². The zero-order valence-corrected chi connectivity index (χ0v) is 13.7. The number of hydrogen-bond acceptors (Lipinski definition) is 5. The summed E-state index contributed by atoms with van der Waals surface area (Å²) < 4.78 is 18.4. The monoisotopic (exact) mass is 347 g/mol. The van der Waals surface area contributed by atoms with E-state index in [1.807, 2.05) is 0 Å². The third-order valence-electron chi connectivity index (χ3n) is 4.39. The lowest BCUT2D eigenvalue weighted by molar-refractivity contribution is -0.384. The third-order valence-corrected chi connectivity index (χ3v) is 4.39. The molecule has 0 aliphatic carbocycles. The molecule has 132 valence electrons. The Bertz CT molecular complexity index is 797. The first-order chi connectivity index (χ1) is 12.0. The molecule has 0 saturated carbocycles. The SMILES string of the molecule is Cc1occc1C(=O)N1CCC(Nc2ccc(F)cc2[N+](=O)[O-])CC1. The molecule has 1 aliphatic rings. The van der Waals surface area contributed by atoms with Gasteiger partial charge in [0.05, 0.1) is 22.8 Å². The Balaban J connectivity index is 1.63. The van der Waals surface area contributed by atoms with Crippen LogP contribution in [0.25, 0.3) is 0 Å². The molecule has 1 N–H and O–H groups in total. The highest BCUT2D eigenvalue weighted by atomic mass is 19.1. The molecule has 0 bridgehead atoms. The molecule has 1 aromatic heterocycles. The average Bonchev–Trinajstić information content (AvgIpc) is 3.02. The van der Waals surface area contributed by atoms with Gasteiger partial charge in [-0.05, 0) is 38.0 Å². The first kappa shape index (κ1) is 16.9. The number of amides is 1. The first-order valence-corrected chi connectivity index (χ1v) is 7.99. The first-order valence-electron chi connectivity index (χ1n) is 7.99. The van der Waals surface area contributed by atoms with Crippen molar-refractivity contribution in [1.82, 2.24) is 4.90 Å². The number of nitro benzene ring substituents is 1. The zero-order valence-electron chi connectivity index (χ0n) is 13.7. The van der Waals surface area contributed by atoms with Crippen LogP contribution in [0.5, 0.6) is 0 Å². The van der Waals surface area contributed by atoms with Gasteiger partial charge in [-0.3, -0.25) is 14.9 Å². The van der Waals surface area contributed by atoms with E-state index < -0.39 is 10.7 Å². The summed E-state index contributed by atoms with van der Waals surface area (Å²) in [5.41, 5.74) is 0.565. The summed E-state index contributed by atoms with van der Waals surface area (Å²) in [6.07, 6.45) is 2.79. The number of nitrogens with one attached hydrogen (secondary N) is 1. The third kappa shape index (κ3) is 3.62. The van der Waals surface area contributed by atoms with Crippen molar-refractivity contribution in [2.75, 3.05) is 18.4 Å². The van der Waals surface area contributed by atoms with E-state index >= 15 is 0 Å². The number of furan rings is 1. The summed E-state index contributed by atoms with van der Waals surface area (Å²) in [6, 6.07) is 5.11. The fourth-order valence-corrected chi connectivity index (χ4v) is 3.00. The van der Waals surface area contributed by atoms with Gasteiger partial charge in [-0.15, -0.1) is 0 Å². The Labute approximate surface area is 143 Å². The molecule has 0 radical (unpaired) electrons. The highest BCUT2D eigenvalue weighted by Gasteiger charge is 2.26. The predicted octanol–water partition coefficient (Wildman–Crippen LogP) is 3.35. The van der Waals surface area contributed by atoms with Crippen molar-refractivity contribution < 1.29 is 18.5 Å². The van der Waals surface area contributed by atoms with Gasteiger partial charge in [0.1, 0.15) is 17.3 Å². The number of hydrogen-bond donors (Lipinski definition) is 1. The molecule has 3 rings (SSSR count). The largest absolute Gasteiger partial charge is 0.469 e. The van der Waals surface area contributed by atoms with Crippen molar-refractivity contribution in [3.05, 3.63) is 57.8 Å². The van der Waals surface area contributed by atoms with Gasteiger partial charge in [-0.2, -0.15) is 0 Å². The Morgan fingerprint density at radius 2 is 2.08 bits per heavy atom. The molecular weight excluding hydrogens is 329 g/mol. The molecule has 1 aliphatic heterocycles. The molecule has 0 atom stereocenters. The second-order valence-corrected chi connectivity index (χ2v) is 6.02. The molecule has 0 spiro atoms. The second-order valence-electron chi connectivity index (χ2n) is 6.02. The molecule has 25 heavy (non-hydrogen) atoms. The lowest BCUT2D eigenvalue weighted by Gasteiger charge is -2.32. The molecule has 1 fully saturated rings. The van der Waals surface area contributed by atoms with Crippen LogP contribution in [0, 0.1) is 22.9 Å². The molecule has 1 saturated heterocycles. The Hall–Kier alpha value is -2.90. The van der Waals surface area contributed by atoms with E-state index in [2.05, 4.69) is 5.32 Å². The van der Waals surface area contributed by atoms with Crippen LogP contribution < -0.4 is 5.32 Å². The standard InChI is InChI=1S/C17H18FN3O4/c1-11-14(6-9-25-11)17(22)20-7-4-13(5-8-20)19-15-3-2-12(18)10-16(15)21(23)24/h2-3,6,9-10,13,19H,4-5,7-8H2,1H3. The number of aryl methyl sites for hydroxylation is 1. The molecule has 8 heteroatoms. The summed E-state index contributed by atoms with van der Waals surface area (Å²) in [6.45, 7) is 2.82. The quantitative estimate of drug-likeness (QED) is 0.677. The van der Waals surface area contributed by atoms with Gasteiger partial charge in [0.2, 0.25) is 0 Å². The summed E-state index contributed by atoms with van der Waals surface area (Å²) in [5, 5.41) is 14.2. The predicted molar refractivity (Wildman–Crippen MR) is 89.0 cm³/mol. The van der Waals surface area contributed by atoms with Gasteiger partial charge < -0.3 is 14.6 Å². The minimum absolute atomic E-state index is 0.0151. The lowest BCUT2D eigenvalue weighted by atomic mass is 10.0. The fraction of sp³-hybridized carbons (Fsp3) is 0.353. The number of rotatable bonds is 4. The van der Waals surface area contributed by atoms with Crippen LogP contribution in [-0.2, 0) is 0 Å². The number of piperidine rings is 1. The maximum absolute atomic E-state index is 13.2. The molecule has 2 aromatic rings. The van der Waals surface area contributed by atoms with Crippen molar-refractivity contribution in [1.29, 1.82) is 0 Å². The van der Waals surface area contributed by atoms with Crippen LogP contribution in [0.15, 0.2) is 34.9 Å². The van der Waals surface area contributed by atoms with Crippen LogP contribution in [0.4, 0.5) is 15.8 Å². The van der Waals surface area contributed by atoms with Crippen molar-refractivity contribution in [2.45, 2.75) is 25.8 Å². The van der Waals surface area contributed by atoms with Crippen LogP contribution >= 0.6 is 0 Å². The zero-order chi connectivity index (χ0) is 18.0. The molecular formula is C17H18FN3O4. The maximum Gasteiger partial charge on any atom is 0.295 e. The number of carbonyl (C=O) groups is 1. The summed E-state index contributed by atoms with van der Waals surface area (Å²) in [4.78, 5) is 24.6. The summed E-state index contributed by atoms with van der Waals surface area (Å²) >= 11 is 0. The number of anilines is 1. The number of halogens is 1. The van der Waals surface area contributed by atoms with Gasteiger partial charge in [0.15, 0.2) is 0 Å². The normalized spacial score (nSPS) is 15.2. The number of carbonyl (C=O) groups excluding carboxylic acids is 1. The van der Waals surface area contributed by atoms with Crippen molar-refractivity contribution in [3.8, 4) is 0 Å². The number of benzene rings is 1. The van der Waals surface area contributed by atoms with Crippen LogP contribution in [0.3, 0.4) is 0 Å².